The number of piperidine rings is 1. The Bertz CT molecular complexity index is 177. The minimum absolute atomic E-state index is 0.468. The van der Waals surface area contributed by atoms with E-state index in [0.717, 1.165) is 0 Å². The molecular weight excluding hydrogens is 184 g/mol. The second-order valence-electron chi connectivity index (χ2n) is 5.59. The highest BCUT2D eigenvalue weighted by molar-refractivity contribution is 4.90. The minimum atomic E-state index is 0.468. The zero-order chi connectivity index (χ0) is 11.3. The van der Waals surface area contributed by atoms with Crippen LogP contribution >= 0.6 is 0 Å². The molecule has 1 unspecified atom stereocenters. The fourth-order valence-corrected chi connectivity index (χ4v) is 2.49. The van der Waals surface area contributed by atoms with Gasteiger partial charge in [0.05, 0.1) is 0 Å². The maximum Gasteiger partial charge on any atom is 0.0243 e. The summed E-state index contributed by atoms with van der Waals surface area (Å²) >= 11 is 0. The lowest BCUT2D eigenvalue weighted by atomic mass is 9.78. The molecule has 1 heterocycles. The van der Waals surface area contributed by atoms with Crippen LogP contribution in [0.15, 0.2) is 0 Å². The average Bonchev–Trinajstić information content (AvgIpc) is 2.20. The third-order valence-electron chi connectivity index (χ3n) is 3.88. The molecule has 1 saturated heterocycles. The molecule has 0 spiro atoms. The van der Waals surface area contributed by atoms with Gasteiger partial charge in [-0.25, -0.2) is 0 Å². The SMILES string of the molecule is CCCCCN1CCC(C)(C)C(NC)C1. The van der Waals surface area contributed by atoms with Crippen molar-refractivity contribution in [1.82, 2.24) is 10.2 Å². The Balaban J connectivity index is 2.33. The number of unbranched alkanes of at least 4 members (excludes halogenated alkanes) is 2. The average molecular weight is 212 g/mol. The molecule has 0 saturated carbocycles. The van der Waals surface area contributed by atoms with E-state index < -0.39 is 0 Å². The van der Waals surface area contributed by atoms with Crippen LogP contribution in [0.1, 0.15) is 46.5 Å². The van der Waals surface area contributed by atoms with Crippen molar-refractivity contribution in [2.75, 3.05) is 26.7 Å². The third-order valence-corrected chi connectivity index (χ3v) is 3.88. The van der Waals surface area contributed by atoms with Gasteiger partial charge in [-0.2, -0.15) is 0 Å². The van der Waals surface area contributed by atoms with Crippen LogP contribution in [0.25, 0.3) is 0 Å². The minimum Gasteiger partial charge on any atom is -0.315 e. The summed E-state index contributed by atoms with van der Waals surface area (Å²) in [7, 11) is 2.10. The van der Waals surface area contributed by atoms with Gasteiger partial charge in [-0.15, -0.1) is 0 Å². The molecule has 0 radical (unpaired) electrons. The van der Waals surface area contributed by atoms with Crippen LogP contribution in [0.2, 0.25) is 0 Å². The number of nitrogens with one attached hydrogen (secondary N) is 1. The highest BCUT2D eigenvalue weighted by atomic mass is 15.2. The van der Waals surface area contributed by atoms with Crippen LogP contribution in [0.5, 0.6) is 0 Å². The molecule has 1 N–H and O–H groups in total. The largest absolute Gasteiger partial charge is 0.315 e. The molecular formula is C13H28N2. The Labute approximate surface area is 95.4 Å². The predicted octanol–water partition coefficient (Wildman–Crippen LogP) is 2.50. The second kappa shape index (κ2) is 5.86. The quantitative estimate of drug-likeness (QED) is 0.704. The van der Waals surface area contributed by atoms with E-state index >= 15 is 0 Å². The van der Waals surface area contributed by atoms with E-state index in [1.165, 1.54) is 45.3 Å². The van der Waals surface area contributed by atoms with Crippen LogP contribution in [0.3, 0.4) is 0 Å². The van der Waals surface area contributed by atoms with Crippen LogP contribution in [-0.4, -0.2) is 37.6 Å². The molecule has 1 fully saturated rings. The van der Waals surface area contributed by atoms with E-state index in [4.69, 9.17) is 0 Å². The zero-order valence-corrected chi connectivity index (χ0v) is 11.0. The normalized spacial score (nSPS) is 26.8. The molecule has 0 aliphatic carbocycles. The Morgan fingerprint density at radius 2 is 2.07 bits per heavy atom. The first kappa shape index (κ1) is 13.0. The summed E-state index contributed by atoms with van der Waals surface area (Å²) in [6.45, 7) is 10.9. The van der Waals surface area contributed by atoms with E-state index in [1.807, 2.05) is 0 Å². The van der Waals surface area contributed by atoms with Crippen molar-refractivity contribution in [2.45, 2.75) is 52.5 Å². The van der Waals surface area contributed by atoms with Crippen molar-refractivity contribution >= 4 is 0 Å². The number of likely N-dealkylation sites (tertiary alicyclic amines) is 1. The molecule has 0 aromatic heterocycles. The first-order valence-electron chi connectivity index (χ1n) is 6.49. The third kappa shape index (κ3) is 3.76. The van der Waals surface area contributed by atoms with E-state index in [9.17, 15) is 0 Å². The summed E-state index contributed by atoms with van der Waals surface area (Å²) in [6.07, 6.45) is 5.40. The number of hydrogen-bond donors (Lipinski definition) is 1. The van der Waals surface area contributed by atoms with Gasteiger partial charge in [-0.05, 0) is 38.4 Å². The summed E-state index contributed by atoms with van der Waals surface area (Å²) in [5.41, 5.74) is 0.468. The first-order chi connectivity index (χ1) is 7.10. The summed E-state index contributed by atoms with van der Waals surface area (Å²) in [6, 6.07) is 0.660. The second-order valence-corrected chi connectivity index (χ2v) is 5.59. The van der Waals surface area contributed by atoms with Gasteiger partial charge in [0.2, 0.25) is 0 Å². The van der Waals surface area contributed by atoms with Crippen LogP contribution in [0, 0.1) is 5.41 Å². The first-order valence-corrected chi connectivity index (χ1v) is 6.49. The summed E-state index contributed by atoms with van der Waals surface area (Å²) in [5, 5.41) is 3.47. The highest BCUT2D eigenvalue weighted by Crippen LogP contribution is 2.30. The fraction of sp³-hybridized carbons (Fsp3) is 1.00. The van der Waals surface area contributed by atoms with Gasteiger partial charge in [0, 0.05) is 12.6 Å². The van der Waals surface area contributed by atoms with Gasteiger partial charge in [0.25, 0.3) is 0 Å². The van der Waals surface area contributed by atoms with Crippen molar-refractivity contribution in [1.29, 1.82) is 0 Å². The van der Waals surface area contributed by atoms with Gasteiger partial charge >= 0.3 is 0 Å². The molecule has 2 heteroatoms. The van der Waals surface area contributed by atoms with E-state index in [1.54, 1.807) is 0 Å². The summed E-state index contributed by atoms with van der Waals surface area (Å²) in [5.74, 6) is 0. The fourth-order valence-electron chi connectivity index (χ4n) is 2.49. The summed E-state index contributed by atoms with van der Waals surface area (Å²) in [4.78, 5) is 2.63. The van der Waals surface area contributed by atoms with Gasteiger partial charge in [0.15, 0.2) is 0 Å². The van der Waals surface area contributed by atoms with Crippen LogP contribution < -0.4 is 5.32 Å². The molecule has 0 amide bonds. The lowest BCUT2D eigenvalue weighted by Gasteiger charge is -2.44. The molecule has 2 nitrogen and oxygen atoms in total. The van der Waals surface area contributed by atoms with Crippen molar-refractivity contribution in [3.05, 3.63) is 0 Å². The number of nitrogens with zero attached hydrogens (tertiary/aromatic N) is 1. The predicted molar refractivity (Wildman–Crippen MR) is 67.2 cm³/mol. The number of likely N-dealkylation sites (N-methyl/N-ethyl adjacent to an activating group) is 1. The van der Waals surface area contributed by atoms with Crippen molar-refractivity contribution < 1.29 is 0 Å². The Morgan fingerprint density at radius 3 is 2.67 bits per heavy atom. The van der Waals surface area contributed by atoms with Gasteiger partial charge in [-0.1, -0.05) is 33.6 Å². The maximum absolute atomic E-state index is 3.47. The number of rotatable bonds is 5. The molecule has 15 heavy (non-hydrogen) atoms. The number of hydrogen-bond acceptors (Lipinski definition) is 2. The van der Waals surface area contributed by atoms with Gasteiger partial charge in [-0.3, -0.25) is 0 Å². The molecule has 0 aromatic carbocycles. The molecule has 1 atom stereocenters. The molecule has 0 bridgehead atoms. The topological polar surface area (TPSA) is 15.3 Å². The molecule has 90 valence electrons. The molecule has 0 aromatic rings. The van der Waals surface area contributed by atoms with E-state index in [0.29, 0.717) is 11.5 Å². The van der Waals surface area contributed by atoms with Crippen LogP contribution in [-0.2, 0) is 0 Å². The van der Waals surface area contributed by atoms with Crippen molar-refractivity contribution in [3.63, 3.8) is 0 Å². The van der Waals surface area contributed by atoms with Gasteiger partial charge < -0.3 is 10.2 Å². The van der Waals surface area contributed by atoms with Crippen molar-refractivity contribution in [2.24, 2.45) is 5.41 Å². The van der Waals surface area contributed by atoms with Crippen LogP contribution in [0.4, 0.5) is 0 Å². The smallest absolute Gasteiger partial charge is 0.0243 e. The lowest BCUT2D eigenvalue weighted by molar-refractivity contribution is 0.0887. The molecule has 1 rings (SSSR count). The Kier molecular flexibility index (Phi) is 5.07. The highest BCUT2D eigenvalue weighted by Gasteiger charge is 2.33. The van der Waals surface area contributed by atoms with E-state index in [2.05, 4.69) is 38.0 Å². The van der Waals surface area contributed by atoms with Gasteiger partial charge in [0.1, 0.15) is 0 Å². The molecule has 1 aliphatic rings. The standard InChI is InChI=1S/C13H28N2/c1-5-6-7-9-15-10-8-13(2,3)12(11-15)14-4/h12,14H,5-11H2,1-4H3. The monoisotopic (exact) mass is 212 g/mol. The zero-order valence-electron chi connectivity index (χ0n) is 11.0. The van der Waals surface area contributed by atoms with Crippen molar-refractivity contribution in [3.8, 4) is 0 Å². The Hall–Kier alpha value is -0.0800. The van der Waals surface area contributed by atoms with E-state index in [-0.39, 0.29) is 0 Å². The molecule has 1 aliphatic heterocycles. The summed E-state index contributed by atoms with van der Waals surface area (Å²) < 4.78 is 0. The Morgan fingerprint density at radius 1 is 1.33 bits per heavy atom. The lowest BCUT2D eigenvalue weighted by Crippen LogP contribution is -2.54. The maximum atomic E-state index is 3.47.